The van der Waals surface area contributed by atoms with Crippen molar-refractivity contribution in [3.63, 3.8) is 0 Å². The number of carbonyl (C=O) groups excluding carboxylic acids is 2. The van der Waals surface area contributed by atoms with Gasteiger partial charge in [0.1, 0.15) is 5.69 Å². The minimum atomic E-state index is -0.642. The second kappa shape index (κ2) is 6.43. The molecule has 0 fully saturated rings. The topological polar surface area (TPSA) is 63.1 Å². The van der Waals surface area contributed by atoms with E-state index in [-0.39, 0.29) is 24.4 Å². The zero-order valence-electron chi connectivity index (χ0n) is 12.6. The number of halogens is 1. The molecule has 0 radical (unpaired) electrons. The van der Waals surface area contributed by atoms with E-state index in [1.165, 1.54) is 0 Å². The van der Waals surface area contributed by atoms with Crippen LogP contribution in [0.1, 0.15) is 44.2 Å². The highest BCUT2D eigenvalue weighted by molar-refractivity contribution is 9.10. The van der Waals surface area contributed by atoms with Crippen LogP contribution in [0.3, 0.4) is 0 Å². The Kier molecular flexibility index (Phi) is 5.39. The fourth-order valence-electron chi connectivity index (χ4n) is 1.87. The summed E-state index contributed by atoms with van der Waals surface area (Å²) in [5.74, 6) is -0.278. The third-order valence-electron chi connectivity index (χ3n) is 3.14. The van der Waals surface area contributed by atoms with Gasteiger partial charge in [0.05, 0.1) is 5.41 Å². The van der Waals surface area contributed by atoms with E-state index < -0.39 is 5.41 Å². The van der Waals surface area contributed by atoms with E-state index in [0.29, 0.717) is 5.69 Å². The van der Waals surface area contributed by atoms with Gasteiger partial charge in [-0.1, -0.05) is 0 Å². The average molecular weight is 344 g/mol. The van der Waals surface area contributed by atoms with Crippen molar-refractivity contribution < 1.29 is 9.59 Å². The van der Waals surface area contributed by atoms with E-state index in [1.54, 1.807) is 27.0 Å². The maximum absolute atomic E-state index is 12.3. The highest BCUT2D eigenvalue weighted by Crippen LogP contribution is 2.20. The molecule has 0 bridgehead atoms. The summed E-state index contributed by atoms with van der Waals surface area (Å²) in [6, 6.07) is 1.97. The molecule has 0 saturated heterocycles. The number of hydrogen-bond acceptors (Lipinski definition) is 2. The molecule has 0 aliphatic heterocycles. The Labute approximate surface area is 128 Å². The van der Waals surface area contributed by atoms with Crippen LogP contribution in [0, 0.1) is 5.41 Å². The van der Waals surface area contributed by atoms with Crippen molar-refractivity contribution in [3.05, 3.63) is 22.4 Å². The zero-order valence-corrected chi connectivity index (χ0v) is 14.2. The fraction of sp³-hybridized carbons (Fsp3) is 0.571. The van der Waals surface area contributed by atoms with Crippen LogP contribution < -0.4 is 10.6 Å². The Hall–Kier alpha value is -1.30. The van der Waals surface area contributed by atoms with Crippen molar-refractivity contribution in [2.45, 2.75) is 33.7 Å². The smallest absolute Gasteiger partial charge is 0.267 e. The first-order valence-electron chi connectivity index (χ1n) is 6.57. The zero-order chi connectivity index (χ0) is 15.5. The van der Waals surface area contributed by atoms with E-state index in [9.17, 15) is 9.59 Å². The van der Waals surface area contributed by atoms with E-state index in [0.717, 1.165) is 4.47 Å². The highest BCUT2D eigenvalue weighted by Gasteiger charge is 2.27. The van der Waals surface area contributed by atoms with Gasteiger partial charge in [0, 0.05) is 30.3 Å². The Morgan fingerprint density at radius 2 is 2.00 bits per heavy atom. The largest absolute Gasteiger partial charge is 0.359 e. The molecule has 0 aromatic carbocycles. The Bertz CT molecular complexity index is 507. The standard InChI is InChI=1S/C14H22BrN3O2/c1-9(2)18-7-10(15)6-11(18)12(19)17-8-14(3,4)13(20)16-5/h6-7,9H,8H2,1-5H3,(H,16,20)(H,17,19). The summed E-state index contributed by atoms with van der Waals surface area (Å²) in [5, 5.41) is 5.42. The number of nitrogens with one attached hydrogen (secondary N) is 2. The molecule has 0 unspecified atom stereocenters. The third-order valence-corrected chi connectivity index (χ3v) is 3.57. The first kappa shape index (κ1) is 16.8. The molecule has 112 valence electrons. The summed E-state index contributed by atoms with van der Waals surface area (Å²) < 4.78 is 2.76. The second-order valence-electron chi connectivity index (χ2n) is 5.69. The molecule has 0 aliphatic carbocycles. The first-order valence-corrected chi connectivity index (χ1v) is 7.36. The minimum Gasteiger partial charge on any atom is -0.359 e. The lowest BCUT2D eigenvalue weighted by Gasteiger charge is -2.23. The highest BCUT2D eigenvalue weighted by atomic mass is 79.9. The van der Waals surface area contributed by atoms with Crippen molar-refractivity contribution in [2.24, 2.45) is 5.41 Å². The number of aromatic nitrogens is 1. The number of rotatable bonds is 5. The summed E-state index contributed by atoms with van der Waals surface area (Å²) >= 11 is 3.38. The normalized spacial score (nSPS) is 11.6. The second-order valence-corrected chi connectivity index (χ2v) is 6.61. The molecular weight excluding hydrogens is 322 g/mol. The van der Waals surface area contributed by atoms with Crippen molar-refractivity contribution in [3.8, 4) is 0 Å². The van der Waals surface area contributed by atoms with E-state index in [1.807, 2.05) is 24.6 Å². The Morgan fingerprint density at radius 1 is 1.40 bits per heavy atom. The maximum atomic E-state index is 12.3. The van der Waals surface area contributed by atoms with Crippen molar-refractivity contribution in [1.82, 2.24) is 15.2 Å². The van der Waals surface area contributed by atoms with Gasteiger partial charge >= 0.3 is 0 Å². The molecule has 1 aromatic heterocycles. The molecule has 20 heavy (non-hydrogen) atoms. The number of hydrogen-bond donors (Lipinski definition) is 2. The first-order chi connectivity index (χ1) is 9.19. The molecule has 0 saturated carbocycles. The van der Waals surface area contributed by atoms with Crippen LogP contribution >= 0.6 is 15.9 Å². The maximum Gasteiger partial charge on any atom is 0.267 e. The van der Waals surface area contributed by atoms with Gasteiger partial charge in [-0.05, 0) is 49.7 Å². The Balaban J connectivity index is 2.80. The predicted molar refractivity (Wildman–Crippen MR) is 82.7 cm³/mol. The predicted octanol–water partition coefficient (Wildman–Crippen LogP) is 2.33. The molecule has 1 aromatic rings. The molecular formula is C14H22BrN3O2. The van der Waals surface area contributed by atoms with Gasteiger partial charge in [-0.15, -0.1) is 0 Å². The van der Waals surface area contributed by atoms with Gasteiger partial charge in [-0.25, -0.2) is 0 Å². The third kappa shape index (κ3) is 3.85. The fourth-order valence-corrected chi connectivity index (χ4v) is 2.30. The summed E-state index contributed by atoms with van der Waals surface area (Å²) in [4.78, 5) is 23.9. The summed E-state index contributed by atoms with van der Waals surface area (Å²) in [7, 11) is 1.59. The Morgan fingerprint density at radius 3 is 2.50 bits per heavy atom. The quantitative estimate of drug-likeness (QED) is 0.861. The van der Waals surface area contributed by atoms with Gasteiger partial charge in [-0.3, -0.25) is 9.59 Å². The van der Waals surface area contributed by atoms with Crippen molar-refractivity contribution in [1.29, 1.82) is 0 Å². The molecule has 2 N–H and O–H groups in total. The van der Waals surface area contributed by atoms with E-state index >= 15 is 0 Å². The van der Waals surface area contributed by atoms with Crippen LogP contribution in [0.25, 0.3) is 0 Å². The van der Waals surface area contributed by atoms with E-state index in [4.69, 9.17) is 0 Å². The van der Waals surface area contributed by atoms with Crippen LogP contribution in [0.4, 0.5) is 0 Å². The lowest BCUT2D eigenvalue weighted by atomic mass is 9.92. The molecule has 1 heterocycles. The monoisotopic (exact) mass is 343 g/mol. The lowest BCUT2D eigenvalue weighted by molar-refractivity contribution is -0.128. The van der Waals surface area contributed by atoms with Crippen LogP contribution in [0.2, 0.25) is 0 Å². The van der Waals surface area contributed by atoms with Gasteiger partial charge in [0.2, 0.25) is 5.91 Å². The van der Waals surface area contributed by atoms with Gasteiger partial charge in [0.15, 0.2) is 0 Å². The van der Waals surface area contributed by atoms with Crippen LogP contribution in [-0.4, -0.2) is 30.0 Å². The molecule has 0 atom stereocenters. The molecule has 0 aliphatic rings. The number of carbonyl (C=O) groups is 2. The van der Waals surface area contributed by atoms with Gasteiger partial charge in [0.25, 0.3) is 5.91 Å². The molecule has 6 heteroatoms. The van der Waals surface area contributed by atoms with Crippen molar-refractivity contribution in [2.75, 3.05) is 13.6 Å². The summed E-state index contributed by atoms with van der Waals surface area (Å²) in [6.45, 7) is 7.90. The van der Waals surface area contributed by atoms with Gasteiger partial charge < -0.3 is 15.2 Å². The van der Waals surface area contributed by atoms with Crippen LogP contribution in [-0.2, 0) is 4.79 Å². The average Bonchev–Trinajstić information content (AvgIpc) is 2.77. The van der Waals surface area contributed by atoms with Crippen molar-refractivity contribution >= 4 is 27.7 Å². The molecule has 2 amide bonds. The minimum absolute atomic E-state index is 0.0989. The summed E-state index contributed by atoms with van der Waals surface area (Å²) in [6.07, 6.45) is 1.88. The van der Waals surface area contributed by atoms with Crippen LogP contribution in [0.5, 0.6) is 0 Å². The van der Waals surface area contributed by atoms with Crippen LogP contribution in [0.15, 0.2) is 16.7 Å². The molecule has 1 rings (SSSR count). The molecule has 5 nitrogen and oxygen atoms in total. The number of amides is 2. The van der Waals surface area contributed by atoms with Gasteiger partial charge in [-0.2, -0.15) is 0 Å². The van der Waals surface area contributed by atoms with E-state index in [2.05, 4.69) is 26.6 Å². The lowest BCUT2D eigenvalue weighted by Crippen LogP contribution is -2.44. The number of nitrogens with zero attached hydrogens (tertiary/aromatic N) is 1. The summed E-state index contributed by atoms with van der Waals surface area (Å²) in [5.41, 5.74) is -0.0590. The SMILES string of the molecule is CNC(=O)C(C)(C)CNC(=O)c1cc(Br)cn1C(C)C. The molecule has 0 spiro atoms.